The Kier molecular flexibility index (Phi) is 20.1. The van der Waals surface area contributed by atoms with Gasteiger partial charge in [0.05, 0.1) is 5.69 Å². The van der Waals surface area contributed by atoms with Gasteiger partial charge in [-0.3, -0.25) is 9.88 Å². The van der Waals surface area contributed by atoms with Crippen molar-refractivity contribution < 1.29 is 41.9 Å². The van der Waals surface area contributed by atoms with E-state index >= 15 is 0 Å². The molecule has 0 spiro atoms. The summed E-state index contributed by atoms with van der Waals surface area (Å²) < 4.78 is 0. The standard InChI is InChI=1S/C34H50N4.2ClH.Fe/c1-7-26-21-28(9-3)33(29(10-4)22-26)36-17-19-38(25-32-15-13-14-16-35-32)20-18-37-34-30(11-5)23-27(8-2)24-31(34)12-6;;;/h13-16,21-24,36-37H,7-12,17-20,25H2,1-6H3;2*1H;/q;;;+2/p-2. The topological polar surface area (TPSA) is 40.2 Å². The first kappa shape index (κ1) is 39.2. The van der Waals surface area contributed by atoms with Crippen LogP contribution < -0.4 is 35.4 Å². The van der Waals surface area contributed by atoms with E-state index in [1.54, 1.807) is 0 Å². The molecule has 3 aromatic rings. The zero-order chi connectivity index (χ0) is 27.3. The molecule has 0 aliphatic carbocycles. The fraction of sp³-hybridized carbons (Fsp3) is 0.500. The molecule has 1 heterocycles. The first-order valence-corrected chi connectivity index (χ1v) is 15.0. The van der Waals surface area contributed by atoms with Crippen LogP contribution in [0, 0.1) is 0 Å². The third-order valence-electron chi connectivity index (χ3n) is 7.63. The van der Waals surface area contributed by atoms with E-state index in [0.29, 0.717) is 0 Å². The third kappa shape index (κ3) is 11.5. The molecular weight excluding hydrogens is 591 g/mol. The Hall–Kier alpha value is -1.75. The van der Waals surface area contributed by atoms with Gasteiger partial charge in [-0.25, -0.2) is 0 Å². The number of benzene rings is 2. The van der Waals surface area contributed by atoms with Crippen LogP contribution in [-0.2, 0) is 62.1 Å². The molecule has 3 rings (SSSR count). The largest absolute Gasteiger partial charge is 2.00 e. The van der Waals surface area contributed by atoms with Crippen molar-refractivity contribution in [2.45, 2.75) is 86.6 Å². The van der Waals surface area contributed by atoms with Crippen LogP contribution in [0.4, 0.5) is 11.4 Å². The average Bonchev–Trinajstić information content (AvgIpc) is 2.97. The minimum Gasteiger partial charge on any atom is -1.00 e. The zero-order valence-electron chi connectivity index (χ0n) is 25.9. The van der Waals surface area contributed by atoms with Gasteiger partial charge in [0.1, 0.15) is 0 Å². The van der Waals surface area contributed by atoms with Gasteiger partial charge in [-0.05, 0) is 84.0 Å². The van der Waals surface area contributed by atoms with E-state index in [2.05, 4.69) is 98.5 Å². The van der Waals surface area contributed by atoms with Crippen molar-refractivity contribution >= 4 is 11.4 Å². The predicted octanol–water partition coefficient (Wildman–Crippen LogP) is 1.49. The van der Waals surface area contributed by atoms with E-state index in [9.17, 15) is 0 Å². The summed E-state index contributed by atoms with van der Waals surface area (Å²) in [4.78, 5) is 7.14. The predicted molar refractivity (Wildman–Crippen MR) is 166 cm³/mol. The first-order chi connectivity index (χ1) is 18.6. The molecule has 7 heteroatoms. The van der Waals surface area contributed by atoms with Crippen LogP contribution in [0.1, 0.15) is 80.6 Å². The molecule has 0 saturated heterocycles. The second kappa shape index (κ2) is 21.0. The van der Waals surface area contributed by atoms with Crippen LogP contribution in [0.2, 0.25) is 0 Å². The second-order valence-corrected chi connectivity index (χ2v) is 10.2. The summed E-state index contributed by atoms with van der Waals surface area (Å²) in [6, 6.07) is 15.8. The van der Waals surface area contributed by atoms with E-state index in [4.69, 9.17) is 0 Å². The molecule has 4 nitrogen and oxygen atoms in total. The van der Waals surface area contributed by atoms with E-state index in [1.165, 1.54) is 44.8 Å². The maximum Gasteiger partial charge on any atom is 2.00 e. The molecule has 228 valence electrons. The minimum absolute atomic E-state index is 0. The molecule has 1 aromatic heterocycles. The molecule has 0 saturated carbocycles. The Morgan fingerprint density at radius 1 is 0.610 bits per heavy atom. The molecule has 0 amide bonds. The first-order valence-electron chi connectivity index (χ1n) is 15.0. The van der Waals surface area contributed by atoms with Crippen LogP contribution in [0.3, 0.4) is 0 Å². The van der Waals surface area contributed by atoms with Crippen LogP contribution in [0.25, 0.3) is 0 Å². The number of hydrogen-bond acceptors (Lipinski definition) is 4. The van der Waals surface area contributed by atoms with Gasteiger partial charge in [0.15, 0.2) is 0 Å². The Morgan fingerprint density at radius 2 is 1.02 bits per heavy atom. The number of nitrogens with zero attached hydrogens (tertiary/aromatic N) is 2. The minimum atomic E-state index is 0. The normalized spacial score (nSPS) is 10.4. The van der Waals surface area contributed by atoms with Crippen LogP contribution in [0.5, 0.6) is 0 Å². The number of pyridine rings is 1. The zero-order valence-corrected chi connectivity index (χ0v) is 28.5. The summed E-state index contributed by atoms with van der Waals surface area (Å²) in [5, 5.41) is 7.65. The van der Waals surface area contributed by atoms with Gasteiger partial charge < -0.3 is 35.4 Å². The van der Waals surface area contributed by atoms with Crippen molar-refractivity contribution in [3.8, 4) is 0 Å². The molecule has 0 aliphatic heterocycles. The maximum absolute atomic E-state index is 4.62. The Morgan fingerprint density at radius 3 is 1.34 bits per heavy atom. The van der Waals surface area contributed by atoms with E-state index in [-0.39, 0.29) is 41.9 Å². The summed E-state index contributed by atoms with van der Waals surface area (Å²) >= 11 is 0. The number of aromatic nitrogens is 1. The van der Waals surface area contributed by atoms with Gasteiger partial charge in [0.2, 0.25) is 0 Å². The van der Waals surface area contributed by atoms with Gasteiger partial charge in [0, 0.05) is 50.3 Å². The molecule has 0 aliphatic rings. The molecule has 2 N–H and O–H groups in total. The molecule has 0 unspecified atom stereocenters. The molecule has 0 radical (unpaired) electrons. The Bertz CT molecular complexity index is 1020. The summed E-state index contributed by atoms with van der Waals surface area (Å²) in [5.41, 5.74) is 12.5. The summed E-state index contributed by atoms with van der Waals surface area (Å²) in [5.74, 6) is 0. The van der Waals surface area contributed by atoms with Crippen molar-refractivity contribution in [3.05, 3.63) is 87.7 Å². The van der Waals surface area contributed by atoms with Gasteiger partial charge in [-0.2, -0.15) is 0 Å². The average molecular weight is 642 g/mol. The smallest absolute Gasteiger partial charge is 1.00 e. The molecule has 0 atom stereocenters. The number of anilines is 2. The molecule has 41 heavy (non-hydrogen) atoms. The number of rotatable bonds is 16. The van der Waals surface area contributed by atoms with Crippen molar-refractivity contribution in [2.24, 2.45) is 0 Å². The molecule has 2 aromatic carbocycles. The number of aryl methyl sites for hydroxylation is 6. The quantitative estimate of drug-likeness (QED) is 0.233. The van der Waals surface area contributed by atoms with Crippen molar-refractivity contribution in [1.29, 1.82) is 0 Å². The van der Waals surface area contributed by atoms with E-state index < -0.39 is 0 Å². The van der Waals surface area contributed by atoms with Crippen molar-refractivity contribution in [1.82, 2.24) is 9.88 Å². The molecule has 0 fully saturated rings. The summed E-state index contributed by atoms with van der Waals surface area (Å²) in [6.07, 6.45) is 8.30. The fourth-order valence-corrected chi connectivity index (χ4v) is 5.33. The summed E-state index contributed by atoms with van der Waals surface area (Å²) in [7, 11) is 0. The number of nitrogens with one attached hydrogen (secondary N) is 2. The summed E-state index contributed by atoms with van der Waals surface area (Å²) in [6.45, 7) is 18.2. The Balaban J connectivity index is 0.00000533. The Labute approximate surface area is 273 Å². The van der Waals surface area contributed by atoms with Crippen LogP contribution in [0.15, 0.2) is 48.7 Å². The monoisotopic (exact) mass is 640 g/mol. The SMILES string of the molecule is CCc1cc(CC)c(NCCN(CCNc2c(CC)cc(CC)cc2CC)Cc2ccccn2)c(CC)c1.[Cl-].[Cl-].[Fe+2]. The van der Waals surface area contributed by atoms with Crippen LogP contribution in [-0.4, -0.2) is 36.1 Å². The van der Waals surface area contributed by atoms with E-state index in [0.717, 1.165) is 76.9 Å². The molecule has 0 bridgehead atoms. The van der Waals surface area contributed by atoms with Gasteiger partial charge in [-0.15, -0.1) is 0 Å². The van der Waals surface area contributed by atoms with Crippen LogP contribution >= 0.6 is 0 Å². The van der Waals surface area contributed by atoms with Crippen molar-refractivity contribution in [3.63, 3.8) is 0 Å². The van der Waals surface area contributed by atoms with Crippen molar-refractivity contribution in [2.75, 3.05) is 36.8 Å². The van der Waals surface area contributed by atoms with Gasteiger partial charge in [-0.1, -0.05) is 71.9 Å². The number of hydrogen-bond donors (Lipinski definition) is 2. The van der Waals surface area contributed by atoms with Gasteiger partial charge in [0.25, 0.3) is 0 Å². The maximum atomic E-state index is 4.62. The number of halogens is 2. The fourth-order valence-electron chi connectivity index (χ4n) is 5.33. The third-order valence-corrected chi connectivity index (χ3v) is 7.63. The van der Waals surface area contributed by atoms with E-state index in [1.807, 2.05) is 12.3 Å². The second-order valence-electron chi connectivity index (χ2n) is 10.2. The molecular formula is C34H50Cl2FeN4. The van der Waals surface area contributed by atoms with Gasteiger partial charge >= 0.3 is 17.1 Å².